The molecule has 0 aliphatic carbocycles. The van der Waals surface area contributed by atoms with Crippen molar-refractivity contribution in [2.45, 2.75) is 25.5 Å². The van der Waals surface area contributed by atoms with Gasteiger partial charge in [0.05, 0.1) is 12.6 Å². The molecule has 2 N–H and O–H groups in total. The number of β-amino-alcohol motifs (C(OH)–C–C–N with tert-alkyl or cyclic N) is 1. The van der Waals surface area contributed by atoms with E-state index in [0.29, 0.717) is 30.6 Å². The first kappa shape index (κ1) is 11.3. The fourth-order valence-electron chi connectivity index (χ4n) is 2.09. The summed E-state index contributed by atoms with van der Waals surface area (Å²) in [4.78, 5) is 10.3. The van der Waals surface area contributed by atoms with Crippen LogP contribution in [0.5, 0.6) is 0 Å². The Morgan fingerprint density at radius 3 is 3.28 bits per heavy atom. The quantitative estimate of drug-likeness (QED) is 0.778. The molecule has 0 spiro atoms. The van der Waals surface area contributed by atoms with Gasteiger partial charge in [-0.3, -0.25) is 10.00 Å². The molecular formula is C10H14N6O2. The molecule has 0 aromatic carbocycles. The minimum absolute atomic E-state index is 0.254. The number of rotatable bonds is 3. The highest BCUT2D eigenvalue weighted by molar-refractivity contribution is 5.39. The van der Waals surface area contributed by atoms with E-state index in [2.05, 4.69) is 30.2 Å². The number of nitrogens with one attached hydrogen (secondary N) is 1. The van der Waals surface area contributed by atoms with Gasteiger partial charge >= 0.3 is 0 Å². The van der Waals surface area contributed by atoms with Crippen molar-refractivity contribution in [2.24, 2.45) is 0 Å². The van der Waals surface area contributed by atoms with Crippen molar-refractivity contribution in [1.82, 2.24) is 30.2 Å². The van der Waals surface area contributed by atoms with E-state index in [0.717, 1.165) is 19.4 Å². The van der Waals surface area contributed by atoms with Crippen LogP contribution in [0.1, 0.15) is 18.7 Å². The number of likely N-dealkylation sites (tertiary alicyclic amines) is 1. The van der Waals surface area contributed by atoms with Crippen LogP contribution in [0.15, 0.2) is 10.9 Å². The molecule has 96 valence electrons. The van der Waals surface area contributed by atoms with Crippen molar-refractivity contribution in [2.75, 3.05) is 13.1 Å². The van der Waals surface area contributed by atoms with E-state index in [9.17, 15) is 5.11 Å². The lowest BCUT2D eigenvalue weighted by molar-refractivity contribution is 0.0613. The van der Waals surface area contributed by atoms with E-state index < -0.39 is 0 Å². The molecule has 0 radical (unpaired) electrons. The summed E-state index contributed by atoms with van der Waals surface area (Å²) in [7, 11) is 0. The molecule has 1 saturated heterocycles. The van der Waals surface area contributed by atoms with Crippen molar-refractivity contribution in [3.63, 3.8) is 0 Å². The van der Waals surface area contributed by atoms with Crippen LogP contribution in [0.4, 0.5) is 0 Å². The minimum atomic E-state index is -0.254. The summed E-state index contributed by atoms with van der Waals surface area (Å²) in [5.74, 6) is 1.42. The molecule has 1 unspecified atom stereocenters. The number of aliphatic hydroxyl groups is 1. The summed E-state index contributed by atoms with van der Waals surface area (Å²) in [5.41, 5.74) is 0. The Hall–Kier alpha value is -1.80. The molecule has 2 aromatic rings. The van der Waals surface area contributed by atoms with E-state index in [1.165, 1.54) is 6.33 Å². The fourth-order valence-corrected chi connectivity index (χ4v) is 2.09. The number of aliphatic hydroxyl groups excluding tert-OH is 1. The van der Waals surface area contributed by atoms with Gasteiger partial charge in [0, 0.05) is 6.54 Å². The number of hydrogen-bond acceptors (Lipinski definition) is 7. The van der Waals surface area contributed by atoms with Gasteiger partial charge in [-0.2, -0.15) is 10.1 Å². The molecule has 0 amide bonds. The summed E-state index contributed by atoms with van der Waals surface area (Å²) in [6.45, 7) is 2.15. The van der Waals surface area contributed by atoms with Crippen molar-refractivity contribution >= 4 is 0 Å². The molecule has 1 fully saturated rings. The molecular weight excluding hydrogens is 236 g/mol. The first-order chi connectivity index (χ1) is 8.81. The Labute approximate surface area is 103 Å². The fraction of sp³-hybridized carbons (Fsp3) is 0.600. The highest BCUT2D eigenvalue weighted by Crippen LogP contribution is 2.14. The van der Waals surface area contributed by atoms with E-state index in [1.807, 2.05) is 0 Å². The van der Waals surface area contributed by atoms with Gasteiger partial charge in [-0.05, 0) is 19.4 Å². The van der Waals surface area contributed by atoms with Crippen LogP contribution in [0, 0.1) is 0 Å². The third-order valence-electron chi connectivity index (χ3n) is 2.93. The predicted molar refractivity (Wildman–Crippen MR) is 60.2 cm³/mol. The zero-order valence-corrected chi connectivity index (χ0v) is 9.78. The van der Waals surface area contributed by atoms with Crippen molar-refractivity contribution in [3.8, 4) is 11.6 Å². The van der Waals surface area contributed by atoms with Crippen LogP contribution < -0.4 is 0 Å². The maximum absolute atomic E-state index is 9.58. The summed E-state index contributed by atoms with van der Waals surface area (Å²) < 4.78 is 5.15. The first-order valence-corrected chi connectivity index (χ1v) is 5.90. The topological polar surface area (TPSA) is 104 Å². The van der Waals surface area contributed by atoms with Crippen LogP contribution in [0.2, 0.25) is 0 Å². The number of nitrogens with zero attached hydrogens (tertiary/aromatic N) is 5. The van der Waals surface area contributed by atoms with Gasteiger partial charge in [0.1, 0.15) is 6.33 Å². The molecule has 1 atom stereocenters. The number of aromatic amines is 1. The number of aromatic nitrogens is 5. The average molecular weight is 250 g/mol. The Morgan fingerprint density at radius 1 is 1.56 bits per heavy atom. The monoisotopic (exact) mass is 250 g/mol. The summed E-state index contributed by atoms with van der Waals surface area (Å²) >= 11 is 0. The smallest absolute Gasteiger partial charge is 0.241 e. The van der Waals surface area contributed by atoms with Crippen LogP contribution in [0.3, 0.4) is 0 Å². The van der Waals surface area contributed by atoms with Gasteiger partial charge in [0.15, 0.2) is 5.82 Å². The third kappa shape index (κ3) is 2.39. The Kier molecular flexibility index (Phi) is 3.03. The van der Waals surface area contributed by atoms with E-state index in [1.54, 1.807) is 0 Å². The third-order valence-corrected chi connectivity index (χ3v) is 2.93. The second-order valence-electron chi connectivity index (χ2n) is 4.38. The zero-order valence-electron chi connectivity index (χ0n) is 9.78. The lowest BCUT2D eigenvalue weighted by atomic mass is 10.1. The van der Waals surface area contributed by atoms with Gasteiger partial charge in [-0.15, -0.1) is 0 Å². The van der Waals surface area contributed by atoms with E-state index in [4.69, 9.17) is 4.52 Å². The number of piperidine rings is 1. The lowest BCUT2D eigenvalue weighted by Gasteiger charge is -2.28. The van der Waals surface area contributed by atoms with Gasteiger partial charge in [-0.25, -0.2) is 4.98 Å². The molecule has 1 aliphatic heterocycles. The predicted octanol–water partition coefficient (Wildman–Crippen LogP) is -0.189. The second-order valence-corrected chi connectivity index (χ2v) is 4.38. The average Bonchev–Trinajstić information content (AvgIpc) is 2.98. The Balaban J connectivity index is 1.66. The Bertz CT molecular complexity index is 496. The molecule has 8 heteroatoms. The largest absolute Gasteiger partial charge is 0.392 e. The van der Waals surface area contributed by atoms with Gasteiger partial charge in [0.25, 0.3) is 0 Å². The Morgan fingerprint density at radius 2 is 2.50 bits per heavy atom. The molecule has 8 nitrogen and oxygen atoms in total. The van der Waals surface area contributed by atoms with Crippen molar-refractivity contribution in [1.29, 1.82) is 0 Å². The highest BCUT2D eigenvalue weighted by Gasteiger charge is 2.20. The second kappa shape index (κ2) is 4.83. The SMILES string of the molecule is OC1CCCN(Cc2nc(-c3ncn[nH]3)no2)C1. The summed E-state index contributed by atoms with van der Waals surface area (Å²) in [6, 6.07) is 0. The first-order valence-electron chi connectivity index (χ1n) is 5.90. The van der Waals surface area contributed by atoms with Crippen molar-refractivity contribution in [3.05, 3.63) is 12.2 Å². The molecule has 3 rings (SSSR count). The molecule has 2 aromatic heterocycles. The van der Waals surface area contributed by atoms with Crippen LogP contribution in [-0.2, 0) is 6.54 Å². The summed E-state index contributed by atoms with van der Waals surface area (Å²) in [6.07, 6.45) is 3.00. The summed E-state index contributed by atoms with van der Waals surface area (Å²) in [5, 5.41) is 19.8. The maximum atomic E-state index is 9.58. The van der Waals surface area contributed by atoms with Gasteiger partial charge < -0.3 is 9.63 Å². The molecule has 18 heavy (non-hydrogen) atoms. The van der Waals surface area contributed by atoms with Crippen molar-refractivity contribution < 1.29 is 9.63 Å². The number of hydrogen-bond donors (Lipinski definition) is 2. The molecule has 1 aliphatic rings. The van der Waals surface area contributed by atoms with Crippen LogP contribution in [-0.4, -0.2) is 54.5 Å². The molecule has 3 heterocycles. The zero-order chi connectivity index (χ0) is 12.4. The standard InChI is InChI=1S/C10H14N6O2/c17-7-2-1-3-16(4-7)5-8-13-10(15-18-8)9-11-6-12-14-9/h6-7,17H,1-5H2,(H,11,12,14). The number of H-pyrrole nitrogens is 1. The van der Waals surface area contributed by atoms with Gasteiger partial charge in [-0.1, -0.05) is 5.16 Å². The van der Waals surface area contributed by atoms with Gasteiger partial charge in [0.2, 0.25) is 11.7 Å². The highest BCUT2D eigenvalue weighted by atomic mass is 16.5. The molecule has 0 bridgehead atoms. The lowest BCUT2D eigenvalue weighted by Crippen LogP contribution is -2.37. The molecule has 0 saturated carbocycles. The van der Waals surface area contributed by atoms with Crippen LogP contribution in [0.25, 0.3) is 11.6 Å². The van der Waals surface area contributed by atoms with E-state index in [-0.39, 0.29) is 6.10 Å². The maximum Gasteiger partial charge on any atom is 0.241 e. The minimum Gasteiger partial charge on any atom is -0.392 e. The normalized spacial score (nSPS) is 21.3. The van der Waals surface area contributed by atoms with E-state index >= 15 is 0 Å². The van der Waals surface area contributed by atoms with Crippen LogP contribution >= 0.6 is 0 Å².